The Balaban J connectivity index is 2.43. The van der Waals surface area contributed by atoms with E-state index in [0.29, 0.717) is 17.1 Å². The van der Waals surface area contributed by atoms with Crippen LogP contribution in [0, 0.1) is 0 Å². The molecule has 1 rings (SSSR count). The van der Waals surface area contributed by atoms with Crippen molar-refractivity contribution >= 4 is 17.5 Å². The number of halogens is 1. The fourth-order valence-electron chi connectivity index (χ4n) is 1.33. The van der Waals surface area contributed by atoms with Gasteiger partial charge in [0, 0.05) is 31.2 Å². The van der Waals surface area contributed by atoms with Gasteiger partial charge in [0.2, 0.25) is 5.91 Å². The Hall–Kier alpha value is -1.10. The number of likely N-dealkylation sites (N-methyl/N-ethyl adjacent to an activating group) is 1. The summed E-state index contributed by atoms with van der Waals surface area (Å²) in [4.78, 5) is 12.8. The van der Waals surface area contributed by atoms with Gasteiger partial charge in [-0.2, -0.15) is 0 Å². The number of carbonyl (C=O) groups is 1. The molecule has 1 atom stereocenters. The lowest BCUT2D eigenvalue weighted by Crippen LogP contribution is -2.34. The predicted molar refractivity (Wildman–Crippen MR) is 68.0 cm³/mol. The average molecular weight is 257 g/mol. The first-order valence-corrected chi connectivity index (χ1v) is 5.73. The van der Waals surface area contributed by atoms with Crippen molar-refractivity contribution in [3.63, 3.8) is 0 Å². The molecule has 5 heteroatoms. The minimum Gasteiger partial charge on any atom is -0.387 e. The molecule has 1 aromatic rings. The number of hydrogen-bond donors (Lipinski definition) is 2. The quantitative estimate of drug-likeness (QED) is 0.828. The summed E-state index contributed by atoms with van der Waals surface area (Å²) >= 11 is 5.95. The van der Waals surface area contributed by atoms with Gasteiger partial charge in [-0.05, 0) is 6.07 Å². The van der Waals surface area contributed by atoms with Gasteiger partial charge in [0.15, 0.2) is 0 Å². The van der Waals surface area contributed by atoms with Crippen LogP contribution < -0.4 is 5.32 Å². The summed E-state index contributed by atoms with van der Waals surface area (Å²) in [5.74, 6) is -0.0311. The molecule has 0 aliphatic heterocycles. The van der Waals surface area contributed by atoms with Crippen LogP contribution in [0.1, 0.15) is 11.7 Å². The minimum atomic E-state index is -0.710. The molecule has 94 valence electrons. The lowest BCUT2D eigenvalue weighted by molar-refractivity contribution is -0.127. The highest BCUT2D eigenvalue weighted by Crippen LogP contribution is 2.21. The molecular weight excluding hydrogens is 240 g/mol. The molecule has 0 radical (unpaired) electrons. The molecule has 2 N–H and O–H groups in total. The fraction of sp³-hybridized carbons (Fsp3) is 0.417. The normalized spacial score (nSPS) is 12.2. The van der Waals surface area contributed by atoms with Crippen LogP contribution in [0.4, 0.5) is 0 Å². The van der Waals surface area contributed by atoms with E-state index < -0.39 is 6.10 Å². The van der Waals surface area contributed by atoms with E-state index in [0.717, 1.165) is 0 Å². The standard InChI is InChI=1S/C12H17ClN2O2/c1-15(2)12(17)8-14-7-11(16)9-5-3-4-6-10(9)13/h3-6,11,14,16H,7-8H2,1-2H3. The van der Waals surface area contributed by atoms with Crippen molar-refractivity contribution in [2.75, 3.05) is 27.2 Å². The van der Waals surface area contributed by atoms with E-state index in [-0.39, 0.29) is 12.5 Å². The van der Waals surface area contributed by atoms with Gasteiger partial charge in [0.25, 0.3) is 0 Å². The molecule has 0 spiro atoms. The number of amides is 1. The van der Waals surface area contributed by atoms with Crippen LogP contribution in [0.5, 0.6) is 0 Å². The molecule has 1 aromatic carbocycles. The van der Waals surface area contributed by atoms with Crippen LogP contribution in [-0.4, -0.2) is 43.1 Å². The van der Waals surface area contributed by atoms with E-state index in [1.807, 2.05) is 12.1 Å². The zero-order chi connectivity index (χ0) is 12.8. The van der Waals surface area contributed by atoms with E-state index in [4.69, 9.17) is 11.6 Å². The number of carbonyl (C=O) groups excluding carboxylic acids is 1. The Labute approximate surface area is 106 Å². The number of hydrogen-bond acceptors (Lipinski definition) is 3. The zero-order valence-corrected chi connectivity index (χ0v) is 10.7. The summed E-state index contributed by atoms with van der Waals surface area (Å²) < 4.78 is 0. The third kappa shape index (κ3) is 4.34. The maximum Gasteiger partial charge on any atom is 0.236 e. The van der Waals surface area contributed by atoms with Crippen molar-refractivity contribution in [3.05, 3.63) is 34.9 Å². The fourth-order valence-corrected chi connectivity index (χ4v) is 1.59. The molecule has 1 amide bonds. The van der Waals surface area contributed by atoms with Gasteiger partial charge >= 0.3 is 0 Å². The Morgan fingerprint density at radius 3 is 2.71 bits per heavy atom. The number of aliphatic hydroxyl groups excluding tert-OH is 1. The number of benzene rings is 1. The monoisotopic (exact) mass is 256 g/mol. The highest BCUT2D eigenvalue weighted by Gasteiger charge is 2.11. The van der Waals surface area contributed by atoms with Gasteiger partial charge in [-0.25, -0.2) is 0 Å². The molecule has 4 nitrogen and oxygen atoms in total. The van der Waals surface area contributed by atoms with Gasteiger partial charge in [0.1, 0.15) is 0 Å². The first-order chi connectivity index (χ1) is 8.02. The molecule has 0 bridgehead atoms. The number of nitrogens with zero attached hydrogens (tertiary/aromatic N) is 1. The topological polar surface area (TPSA) is 52.6 Å². The van der Waals surface area contributed by atoms with Crippen molar-refractivity contribution in [1.82, 2.24) is 10.2 Å². The Morgan fingerprint density at radius 1 is 1.47 bits per heavy atom. The Bertz CT molecular complexity index is 383. The van der Waals surface area contributed by atoms with Crippen molar-refractivity contribution in [1.29, 1.82) is 0 Å². The molecule has 0 saturated carbocycles. The van der Waals surface area contributed by atoms with Gasteiger partial charge in [-0.1, -0.05) is 29.8 Å². The van der Waals surface area contributed by atoms with Crippen molar-refractivity contribution in [2.45, 2.75) is 6.10 Å². The lowest BCUT2D eigenvalue weighted by atomic mass is 10.1. The van der Waals surface area contributed by atoms with Crippen molar-refractivity contribution < 1.29 is 9.90 Å². The van der Waals surface area contributed by atoms with Crippen LogP contribution in [0.3, 0.4) is 0 Å². The molecule has 17 heavy (non-hydrogen) atoms. The van der Waals surface area contributed by atoms with E-state index in [9.17, 15) is 9.90 Å². The van der Waals surface area contributed by atoms with E-state index in [2.05, 4.69) is 5.32 Å². The second kappa shape index (κ2) is 6.59. The van der Waals surface area contributed by atoms with E-state index in [1.54, 1.807) is 26.2 Å². The summed E-state index contributed by atoms with van der Waals surface area (Å²) in [6.07, 6.45) is -0.710. The summed E-state index contributed by atoms with van der Waals surface area (Å²) in [7, 11) is 3.38. The highest BCUT2D eigenvalue weighted by atomic mass is 35.5. The summed E-state index contributed by atoms with van der Waals surface area (Å²) in [5, 5.41) is 13.3. The molecular formula is C12H17ClN2O2. The molecule has 0 saturated heterocycles. The van der Waals surface area contributed by atoms with Crippen LogP contribution in [0.25, 0.3) is 0 Å². The third-order valence-corrected chi connectivity index (χ3v) is 2.72. The largest absolute Gasteiger partial charge is 0.387 e. The number of nitrogens with one attached hydrogen (secondary N) is 1. The Kier molecular flexibility index (Phi) is 5.41. The molecule has 0 heterocycles. The van der Waals surface area contributed by atoms with Gasteiger partial charge in [0.05, 0.1) is 12.6 Å². The Morgan fingerprint density at radius 2 is 2.12 bits per heavy atom. The molecule has 1 unspecified atom stereocenters. The lowest BCUT2D eigenvalue weighted by Gasteiger charge is -2.15. The molecule has 0 fully saturated rings. The first-order valence-electron chi connectivity index (χ1n) is 5.35. The van der Waals surface area contributed by atoms with Crippen molar-refractivity contribution in [2.24, 2.45) is 0 Å². The van der Waals surface area contributed by atoms with E-state index in [1.165, 1.54) is 4.90 Å². The second-order valence-corrected chi connectivity index (χ2v) is 4.36. The van der Waals surface area contributed by atoms with Gasteiger partial charge in [-0.15, -0.1) is 0 Å². The van der Waals surface area contributed by atoms with Crippen LogP contribution in [-0.2, 0) is 4.79 Å². The van der Waals surface area contributed by atoms with Crippen LogP contribution >= 0.6 is 11.6 Å². The number of aliphatic hydroxyl groups is 1. The average Bonchev–Trinajstić information content (AvgIpc) is 2.29. The predicted octanol–water partition coefficient (Wildman–Crippen LogP) is 1.05. The molecule has 0 aliphatic rings. The summed E-state index contributed by atoms with van der Waals surface area (Å²) in [5.41, 5.74) is 0.666. The highest BCUT2D eigenvalue weighted by molar-refractivity contribution is 6.31. The maximum atomic E-state index is 11.3. The number of rotatable bonds is 5. The summed E-state index contributed by atoms with van der Waals surface area (Å²) in [6, 6.07) is 7.12. The van der Waals surface area contributed by atoms with Crippen molar-refractivity contribution in [3.8, 4) is 0 Å². The smallest absolute Gasteiger partial charge is 0.236 e. The third-order valence-electron chi connectivity index (χ3n) is 2.38. The zero-order valence-electron chi connectivity index (χ0n) is 9.98. The van der Waals surface area contributed by atoms with Crippen LogP contribution in [0.2, 0.25) is 5.02 Å². The van der Waals surface area contributed by atoms with Gasteiger partial charge in [-0.3, -0.25) is 4.79 Å². The molecule has 0 aromatic heterocycles. The van der Waals surface area contributed by atoms with Crippen LogP contribution in [0.15, 0.2) is 24.3 Å². The summed E-state index contributed by atoms with van der Waals surface area (Å²) in [6.45, 7) is 0.498. The first kappa shape index (κ1) is 14.0. The SMILES string of the molecule is CN(C)C(=O)CNCC(O)c1ccccc1Cl. The van der Waals surface area contributed by atoms with Gasteiger partial charge < -0.3 is 15.3 Å². The maximum absolute atomic E-state index is 11.3. The minimum absolute atomic E-state index is 0.0311. The van der Waals surface area contributed by atoms with E-state index >= 15 is 0 Å². The molecule has 0 aliphatic carbocycles. The second-order valence-electron chi connectivity index (χ2n) is 3.96.